The van der Waals surface area contributed by atoms with Gasteiger partial charge in [0.25, 0.3) is 0 Å². The van der Waals surface area contributed by atoms with Gasteiger partial charge in [-0.05, 0) is 18.2 Å². The summed E-state index contributed by atoms with van der Waals surface area (Å²) in [7, 11) is 0. The standard InChI is InChI=1S/C12H6BrClN2O2/c13-6-2-7(14)10-8(3-6)16-9-1-5(12(17)18)4-15-11(9)10/h1-4,16H,(H,17,18). The minimum absolute atomic E-state index is 0.143. The van der Waals surface area contributed by atoms with Crippen molar-refractivity contribution < 1.29 is 9.90 Å². The molecule has 0 spiro atoms. The molecule has 0 aliphatic heterocycles. The van der Waals surface area contributed by atoms with Gasteiger partial charge in [0.2, 0.25) is 0 Å². The zero-order chi connectivity index (χ0) is 12.9. The maximum absolute atomic E-state index is 10.9. The Morgan fingerprint density at radius 2 is 2.11 bits per heavy atom. The van der Waals surface area contributed by atoms with Crippen LogP contribution in [-0.4, -0.2) is 21.0 Å². The van der Waals surface area contributed by atoms with Gasteiger partial charge in [-0.3, -0.25) is 4.98 Å². The molecule has 6 heteroatoms. The predicted molar refractivity (Wildman–Crippen MR) is 73.3 cm³/mol. The Kier molecular flexibility index (Phi) is 2.53. The van der Waals surface area contributed by atoms with Crippen LogP contribution in [-0.2, 0) is 0 Å². The van der Waals surface area contributed by atoms with Crippen LogP contribution < -0.4 is 0 Å². The number of carbonyl (C=O) groups is 1. The second-order valence-corrected chi connectivity index (χ2v) is 5.18. The van der Waals surface area contributed by atoms with Crippen LogP contribution >= 0.6 is 27.5 Å². The van der Waals surface area contributed by atoms with E-state index in [0.717, 1.165) is 15.4 Å². The Morgan fingerprint density at radius 3 is 2.83 bits per heavy atom. The average Bonchev–Trinajstić information content (AvgIpc) is 2.65. The van der Waals surface area contributed by atoms with Gasteiger partial charge < -0.3 is 10.1 Å². The molecule has 0 bridgehead atoms. The maximum Gasteiger partial charge on any atom is 0.337 e. The molecular formula is C12H6BrClN2O2. The van der Waals surface area contributed by atoms with Crippen LogP contribution in [0.25, 0.3) is 21.9 Å². The molecule has 3 aromatic rings. The Balaban J connectivity index is 2.43. The molecule has 0 saturated heterocycles. The van der Waals surface area contributed by atoms with E-state index in [9.17, 15) is 4.79 Å². The van der Waals surface area contributed by atoms with Gasteiger partial charge in [-0.2, -0.15) is 0 Å². The van der Waals surface area contributed by atoms with Gasteiger partial charge in [0, 0.05) is 16.1 Å². The van der Waals surface area contributed by atoms with E-state index in [2.05, 4.69) is 25.9 Å². The smallest absolute Gasteiger partial charge is 0.337 e. The zero-order valence-electron chi connectivity index (χ0n) is 8.87. The third-order valence-corrected chi connectivity index (χ3v) is 3.45. The number of carboxylic acid groups (broad SMARTS) is 1. The number of pyridine rings is 1. The largest absolute Gasteiger partial charge is 0.478 e. The summed E-state index contributed by atoms with van der Waals surface area (Å²) in [5, 5.41) is 10.3. The van der Waals surface area contributed by atoms with Crippen LogP contribution in [0, 0.1) is 0 Å². The Labute approximate surface area is 115 Å². The van der Waals surface area contributed by atoms with E-state index in [0.29, 0.717) is 16.1 Å². The molecule has 0 fully saturated rings. The number of benzene rings is 1. The van der Waals surface area contributed by atoms with Crippen LogP contribution in [0.3, 0.4) is 0 Å². The molecule has 1 aromatic carbocycles. The van der Waals surface area contributed by atoms with Crippen LogP contribution in [0.5, 0.6) is 0 Å². The second-order valence-electron chi connectivity index (χ2n) is 3.86. The first-order valence-corrected chi connectivity index (χ1v) is 6.23. The van der Waals surface area contributed by atoms with Crippen molar-refractivity contribution in [1.82, 2.24) is 9.97 Å². The monoisotopic (exact) mass is 324 g/mol. The summed E-state index contributed by atoms with van der Waals surface area (Å²) in [5.74, 6) is -1.00. The molecule has 0 radical (unpaired) electrons. The zero-order valence-corrected chi connectivity index (χ0v) is 11.2. The molecule has 2 N–H and O–H groups in total. The number of aromatic carboxylic acids is 1. The number of nitrogens with zero attached hydrogens (tertiary/aromatic N) is 1. The van der Waals surface area contributed by atoms with Gasteiger partial charge in [0.1, 0.15) is 0 Å². The van der Waals surface area contributed by atoms with Crippen molar-refractivity contribution in [2.45, 2.75) is 0 Å². The summed E-state index contributed by atoms with van der Waals surface area (Å²) in [6.07, 6.45) is 1.33. The van der Waals surface area contributed by atoms with Crippen LogP contribution in [0.1, 0.15) is 10.4 Å². The Hall–Kier alpha value is -1.59. The fraction of sp³-hybridized carbons (Fsp3) is 0. The lowest BCUT2D eigenvalue weighted by molar-refractivity contribution is 0.0696. The van der Waals surface area contributed by atoms with Gasteiger partial charge in [0.05, 0.1) is 27.1 Å². The van der Waals surface area contributed by atoms with E-state index in [1.54, 1.807) is 12.1 Å². The van der Waals surface area contributed by atoms with Crippen LogP contribution in [0.2, 0.25) is 5.02 Å². The number of fused-ring (bicyclic) bond motifs is 3. The van der Waals surface area contributed by atoms with Gasteiger partial charge in [-0.1, -0.05) is 27.5 Å². The summed E-state index contributed by atoms with van der Waals surface area (Å²) < 4.78 is 0.852. The lowest BCUT2D eigenvalue weighted by atomic mass is 10.2. The number of H-pyrrole nitrogens is 1. The van der Waals surface area contributed by atoms with Crippen molar-refractivity contribution in [2.24, 2.45) is 0 Å². The highest BCUT2D eigenvalue weighted by Crippen LogP contribution is 2.33. The molecule has 0 aliphatic rings. The van der Waals surface area contributed by atoms with Gasteiger partial charge in [-0.25, -0.2) is 4.79 Å². The molecule has 0 atom stereocenters. The summed E-state index contributed by atoms with van der Waals surface area (Å²) in [6, 6.07) is 5.21. The molecule has 0 amide bonds. The third-order valence-electron chi connectivity index (χ3n) is 2.70. The highest BCUT2D eigenvalue weighted by Gasteiger charge is 2.12. The fourth-order valence-electron chi connectivity index (χ4n) is 1.93. The van der Waals surface area contributed by atoms with Crippen LogP contribution in [0.15, 0.2) is 28.9 Å². The van der Waals surface area contributed by atoms with E-state index in [1.807, 2.05) is 6.07 Å². The van der Waals surface area contributed by atoms with Gasteiger partial charge in [0.15, 0.2) is 0 Å². The number of aromatic nitrogens is 2. The number of rotatable bonds is 1. The first kappa shape index (κ1) is 11.5. The first-order chi connectivity index (χ1) is 8.56. The predicted octanol–water partition coefficient (Wildman–Crippen LogP) is 3.83. The minimum Gasteiger partial charge on any atom is -0.478 e. The lowest BCUT2D eigenvalue weighted by Crippen LogP contribution is -1.96. The summed E-state index contributed by atoms with van der Waals surface area (Å²) in [5.41, 5.74) is 2.29. The molecule has 18 heavy (non-hydrogen) atoms. The van der Waals surface area contributed by atoms with Gasteiger partial charge in [-0.15, -0.1) is 0 Å². The fourth-order valence-corrected chi connectivity index (χ4v) is 2.83. The quantitative estimate of drug-likeness (QED) is 0.714. The summed E-state index contributed by atoms with van der Waals surface area (Å²) in [4.78, 5) is 18.2. The highest BCUT2D eigenvalue weighted by molar-refractivity contribution is 9.10. The molecule has 0 unspecified atom stereocenters. The Bertz CT molecular complexity index is 797. The molecule has 0 saturated carbocycles. The number of hydrogen-bond acceptors (Lipinski definition) is 2. The minimum atomic E-state index is -1.00. The van der Waals surface area contributed by atoms with E-state index >= 15 is 0 Å². The summed E-state index contributed by atoms with van der Waals surface area (Å²) in [6.45, 7) is 0. The van der Waals surface area contributed by atoms with Crippen molar-refractivity contribution in [3.63, 3.8) is 0 Å². The highest BCUT2D eigenvalue weighted by atomic mass is 79.9. The first-order valence-electron chi connectivity index (χ1n) is 5.06. The molecule has 3 rings (SSSR count). The number of halogens is 2. The maximum atomic E-state index is 10.9. The number of aromatic amines is 1. The van der Waals surface area contributed by atoms with Crippen molar-refractivity contribution in [2.75, 3.05) is 0 Å². The third kappa shape index (κ3) is 1.67. The Morgan fingerprint density at radius 1 is 1.33 bits per heavy atom. The lowest BCUT2D eigenvalue weighted by Gasteiger charge is -1.96. The normalized spacial score (nSPS) is 11.2. The molecule has 4 nitrogen and oxygen atoms in total. The topological polar surface area (TPSA) is 66.0 Å². The number of hydrogen-bond donors (Lipinski definition) is 2. The van der Waals surface area contributed by atoms with Gasteiger partial charge >= 0.3 is 5.97 Å². The van der Waals surface area contributed by atoms with Crippen molar-refractivity contribution in [3.05, 3.63) is 39.5 Å². The SMILES string of the molecule is O=C(O)c1cnc2c(c1)[nH]c1cc(Br)cc(Cl)c12. The number of nitrogens with one attached hydrogen (secondary N) is 1. The van der Waals surface area contributed by atoms with E-state index in [1.165, 1.54) is 6.20 Å². The van der Waals surface area contributed by atoms with E-state index in [-0.39, 0.29) is 5.56 Å². The number of carboxylic acids is 1. The second kappa shape index (κ2) is 3.96. The van der Waals surface area contributed by atoms with E-state index < -0.39 is 5.97 Å². The van der Waals surface area contributed by atoms with Crippen molar-refractivity contribution in [3.8, 4) is 0 Å². The van der Waals surface area contributed by atoms with Crippen LogP contribution in [0.4, 0.5) is 0 Å². The molecule has 2 aromatic heterocycles. The van der Waals surface area contributed by atoms with Crippen molar-refractivity contribution >= 4 is 55.4 Å². The molecular weight excluding hydrogens is 320 g/mol. The molecule has 0 aliphatic carbocycles. The molecule has 2 heterocycles. The van der Waals surface area contributed by atoms with Crippen molar-refractivity contribution in [1.29, 1.82) is 0 Å². The average molecular weight is 326 g/mol. The van der Waals surface area contributed by atoms with E-state index in [4.69, 9.17) is 16.7 Å². The summed E-state index contributed by atoms with van der Waals surface area (Å²) >= 11 is 9.54. The molecule has 90 valence electrons.